The van der Waals surface area contributed by atoms with Crippen LogP contribution in [0.4, 0.5) is 0 Å². The molecular formula is C22H31N3O3. The molecule has 4 aliphatic rings. The molecule has 0 spiro atoms. The number of benzene rings is 1. The molecule has 2 amide bonds. The first-order valence-electron chi connectivity index (χ1n) is 10.5. The topological polar surface area (TPSA) is 53.1 Å². The van der Waals surface area contributed by atoms with Crippen molar-refractivity contribution in [1.82, 2.24) is 14.7 Å². The molecule has 6 nitrogen and oxygen atoms in total. The molecule has 1 aromatic carbocycles. The van der Waals surface area contributed by atoms with Crippen LogP contribution in [0.2, 0.25) is 0 Å². The van der Waals surface area contributed by atoms with E-state index in [2.05, 4.69) is 21.9 Å². The number of amides is 2. The Bertz CT molecular complexity index is 705. The van der Waals surface area contributed by atoms with Gasteiger partial charge >= 0.3 is 0 Å². The fourth-order valence-corrected chi connectivity index (χ4v) is 4.89. The largest absolute Gasteiger partial charge is 0.497 e. The molecule has 2 bridgehead atoms. The van der Waals surface area contributed by atoms with Crippen molar-refractivity contribution in [2.75, 3.05) is 39.8 Å². The molecule has 28 heavy (non-hydrogen) atoms. The molecule has 4 aliphatic heterocycles. The smallest absolute Gasteiger partial charge is 0.242 e. The molecule has 5 rings (SSSR count). The van der Waals surface area contributed by atoms with Gasteiger partial charge in [0, 0.05) is 45.2 Å². The van der Waals surface area contributed by atoms with Crippen LogP contribution in [-0.4, -0.2) is 72.4 Å². The first-order chi connectivity index (χ1) is 13.6. The van der Waals surface area contributed by atoms with Crippen molar-refractivity contribution >= 4 is 11.8 Å². The zero-order valence-corrected chi connectivity index (χ0v) is 16.8. The van der Waals surface area contributed by atoms with E-state index in [4.69, 9.17) is 4.74 Å². The maximum Gasteiger partial charge on any atom is 0.242 e. The number of ether oxygens (including phenoxy) is 1. The van der Waals surface area contributed by atoms with Gasteiger partial charge in [-0.15, -0.1) is 0 Å². The second kappa shape index (κ2) is 8.52. The fourth-order valence-electron chi connectivity index (χ4n) is 4.89. The van der Waals surface area contributed by atoms with Crippen molar-refractivity contribution in [2.45, 2.75) is 44.7 Å². The first-order valence-corrected chi connectivity index (χ1v) is 10.5. The van der Waals surface area contributed by atoms with Gasteiger partial charge in [-0.3, -0.25) is 14.5 Å². The standard InChI is InChI=1S/C22H31N3O3/c1-28-20-9-6-17(7-10-20)12-23-13-18-5-8-19(15-23)25(14-18)22(27)16-24-11-3-2-4-21(24)26/h6-7,9-10,18-19H,2-5,8,11-16H2,1H3/t18-,19+/m0/s1. The first kappa shape index (κ1) is 19.2. The minimum Gasteiger partial charge on any atom is -0.497 e. The summed E-state index contributed by atoms with van der Waals surface area (Å²) in [5.41, 5.74) is 1.28. The molecule has 4 heterocycles. The van der Waals surface area contributed by atoms with E-state index in [0.717, 1.165) is 57.7 Å². The number of nitrogens with zero attached hydrogens (tertiary/aromatic N) is 3. The Morgan fingerprint density at radius 3 is 2.68 bits per heavy atom. The summed E-state index contributed by atoms with van der Waals surface area (Å²) in [6.45, 7) is 4.70. The van der Waals surface area contributed by atoms with E-state index in [1.165, 1.54) is 12.0 Å². The van der Waals surface area contributed by atoms with E-state index in [9.17, 15) is 9.59 Å². The zero-order valence-electron chi connectivity index (χ0n) is 16.8. The van der Waals surface area contributed by atoms with Crippen molar-refractivity contribution in [1.29, 1.82) is 0 Å². The predicted octanol–water partition coefficient (Wildman–Crippen LogP) is 2.13. The number of piperidine rings is 2. The van der Waals surface area contributed by atoms with Crippen LogP contribution >= 0.6 is 0 Å². The fraction of sp³-hybridized carbons (Fsp3) is 0.636. The molecule has 6 heteroatoms. The third kappa shape index (κ3) is 4.32. The molecule has 0 N–H and O–H groups in total. The average Bonchev–Trinajstić information content (AvgIpc) is 3.01. The number of carbonyl (C=O) groups excluding carboxylic acids is 2. The lowest BCUT2D eigenvalue weighted by Crippen LogP contribution is -2.52. The van der Waals surface area contributed by atoms with Gasteiger partial charge in [0.1, 0.15) is 5.75 Å². The molecule has 1 aromatic rings. The Balaban J connectivity index is 1.38. The maximum atomic E-state index is 13.0. The van der Waals surface area contributed by atoms with Gasteiger partial charge in [-0.1, -0.05) is 12.1 Å². The van der Waals surface area contributed by atoms with Gasteiger partial charge in [0.05, 0.1) is 13.7 Å². The van der Waals surface area contributed by atoms with E-state index in [-0.39, 0.29) is 24.4 Å². The van der Waals surface area contributed by atoms with Gasteiger partial charge in [0.15, 0.2) is 0 Å². The van der Waals surface area contributed by atoms with Crippen molar-refractivity contribution in [3.05, 3.63) is 29.8 Å². The van der Waals surface area contributed by atoms with Crippen LogP contribution in [0.15, 0.2) is 24.3 Å². The van der Waals surface area contributed by atoms with Crippen molar-refractivity contribution < 1.29 is 14.3 Å². The second-order valence-electron chi connectivity index (χ2n) is 8.46. The van der Waals surface area contributed by atoms with E-state index in [1.807, 2.05) is 12.1 Å². The molecule has 2 atom stereocenters. The number of rotatable bonds is 5. The highest BCUT2D eigenvalue weighted by molar-refractivity contribution is 5.85. The van der Waals surface area contributed by atoms with Crippen LogP contribution < -0.4 is 4.74 Å². The van der Waals surface area contributed by atoms with Crippen LogP contribution in [-0.2, 0) is 16.1 Å². The van der Waals surface area contributed by atoms with E-state index < -0.39 is 0 Å². The number of hydrogen-bond acceptors (Lipinski definition) is 4. The Labute approximate surface area is 167 Å². The Kier molecular flexibility index (Phi) is 5.85. The SMILES string of the molecule is COc1ccc(CN2C[C@@H]3CC[C@H](C2)N(C(=O)CN2CCCCC2=O)C3)cc1. The second-order valence-corrected chi connectivity index (χ2v) is 8.46. The number of hydrogen-bond donors (Lipinski definition) is 0. The summed E-state index contributed by atoms with van der Waals surface area (Å²) in [5.74, 6) is 1.68. The number of fused-ring (bicyclic) bond motifs is 4. The number of carbonyl (C=O) groups is 2. The minimum absolute atomic E-state index is 0.135. The van der Waals surface area contributed by atoms with Crippen molar-refractivity contribution in [2.24, 2.45) is 5.92 Å². The monoisotopic (exact) mass is 385 g/mol. The molecule has 0 aliphatic carbocycles. The molecule has 0 unspecified atom stereocenters. The highest BCUT2D eigenvalue weighted by Crippen LogP contribution is 2.29. The molecule has 0 saturated carbocycles. The zero-order chi connectivity index (χ0) is 19.5. The average molecular weight is 386 g/mol. The summed E-state index contributed by atoms with van der Waals surface area (Å²) < 4.78 is 5.25. The van der Waals surface area contributed by atoms with E-state index >= 15 is 0 Å². The van der Waals surface area contributed by atoms with Crippen LogP contribution in [0.1, 0.15) is 37.7 Å². The van der Waals surface area contributed by atoms with E-state index in [1.54, 1.807) is 12.0 Å². The van der Waals surface area contributed by atoms with Crippen molar-refractivity contribution in [3.63, 3.8) is 0 Å². The third-order valence-electron chi connectivity index (χ3n) is 6.42. The Morgan fingerprint density at radius 1 is 1.11 bits per heavy atom. The molecule has 0 aromatic heterocycles. The Hall–Kier alpha value is -2.08. The lowest BCUT2D eigenvalue weighted by atomic mass is 9.95. The van der Waals surface area contributed by atoms with Gasteiger partial charge in [-0.2, -0.15) is 0 Å². The highest BCUT2D eigenvalue weighted by atomic mass is 16.5. The summed E-state index contributed by atoms with van der Waals surface area (Å²) in [5, 5.41) is 0. The quantitative estimate of drug-likeness (QED) is 0.779. The van der Waals surface area contributed by atoms with Gasteiger partial charge in [-0.25, -0.2) is 0 Å². The summed E-state index contributed by atoms with van der Waals surface area (Å²) in [6, 6.07) is 8.53. The van der Waals surface area contributed by atoms with Crippen LogP contribution in [0.3, 0.4) is 0 Å². The molecule has 4 saturated heterocycles. The predicted molar refractivity (Wildman–Crippen MR) is 107 cm³/mol. The molecule has 4 fully saturated rings. The Morgan fingerprint density at radius 2 is 1.93 bits per heavy atom. The lowest BCUT2D eigenvalue weighted by molar-refractivity contribution is -0.144. The third-order valence-corrected chi connectivity index (χ3v) is 6.42. The van der Waals surface area contributed by atoms with Gasteiger partial charge in [0.2, 0.25) is 11.8 Å². The van der Waals surface area contributed by atoms with Crippen LogP contribution in [0.5, 0.6) is 5.75 Å². The van der Waals surface area contributed by atoms with Crippen LogP contribution in [0, 0.1) is 5.92 Å². The van der Waals surface area contributed by atoms with Gasteiger partial charge in [-0.05, 0) is 49.3 Å². The number of likely N-dealkylation sites (tertiary alicyclic amines) is 1. The lowest BCUT2D eigenvalue weighted by Gasteiger charge is -2.38. The molecule has 152 valence electrons. The number of methoxy groups -OCH3 is 1. The van der Waals surface area contributed by atoms with E-state index in [0.29, 0.717) is 12.3 Å². The summed E-state index contributed by atoms with van der Waals surface area (Å²) >= 11 is 0. The highest BCUT2D eigenvalue weighted by Gasteiger charge is 2.37. The van der Waals surface area contributed by atoms with Gasteiger partial charge in [0.25, 0.3) is 0 Å². The van der Waals surface area contributed by atoms with Crippen LogP contribution in [0.25, 0.3) is 0 Å². The normalized spacial score (nSPS) is 25.7. The summed E-state index contributed by atoms with van der Waals surface area (Å²) in [7, 11) is 1.69. The maximum absolute atomic E-state index is 13.0. The minimum atomic E-state index is 0.135. The molecular weight excluding hydrogens is 354 g/mol. The molecule has 0 radical (unpaired) electrons. The summed E-state index contributed by atoms with van der Waals surface area (Å²) in [4.78, 5) is 31.4. The van der Waals surface area contributed by atoms with Crippen molar-refractivity contribution in [3.8, 4) is 5.75 Å². The summed E-state index contributed by atoms with van der Waals surface area (Å²) in [6.07, 6.45) is 4.83. The van der Waals surface area contributed by atoms with Gasteiger partial charge < -0.3 is 14.5 Å².